The summed E-state index contributed by atoms with van der Waals surface area (Å²) < 4.78 is 7.76. The number of hydrogen-bond donors (Lipinski definition) is 2. The van der Waals surface area contributed by atoms with Gasteiger partial charge >= 0.3 is 0 Å². The highest BCUT2D eigenvalue weighted by Gasteiger charge is 2.39. The quantitative estimate of drug-likeness (QED) is 0.618. The van der Waals surface area contributed by atoms with E-state index in [9.17, 15) is 0 Å². The SMILES string of the molecule is NC1CCCN([C@@H]2Cc3ccccc3[C@H]2Oc2ccc(Br)cc2-c2cc[nH]n2)C1. The van der Waals surface area contributed by atoms with Gasteiger partial charge in [0.25, 0.3) is 0 Å². The van der Waals surface area contributed by atoms with Crippen LogP contribution in [0.1, 0.15) is 30.1 Å². The maximum atomic E-state index is 6.76. The summed E-state index contributed by atoms with van der Waals surface area (Å²) in [6.07, 6.45) is 5.08. The lowest BCUT2D eigenvalue weighted by atomic mass is 10.0. The summed E-state index contributed by atoms with van der Waals surface area (Å²) >= 11 is 3.59. The molecule has 1 saturated heterocycles. The zero-order chi connectivity index (χ0) is 19.8. The van der Waals surface area contributed by atoms with Crippen molar-refractivity contribution < 1.29 is 4.74 Å². The Morgan fingerprint density at radius 2 is 2.07 bits per heavy atom. The maximum Gasteiger partial charge on any atom is 0.140 e. The van der Waals surface area contributed by atoms with Gasteiger partial charge in [0.15, 0.2) is 0 Å². The number of benzene rings is 2. The molecule has 0 spiro atoms. The lowest BCUT2D eigenvalue weighted by molar-refractivity contribution is 0.0596. The Balaban J connectivity index is 1.51. The molecular weight excluding hydrogens is 428 g/mol. The van der Waals surface area contributed by atoms with Crippen LogP contribution in [0.15, 0.2) is 59.2 Å². The van der Waals surface area contributed by atoms with Crippen LogP contribution < -0.4 is 10.5 Å². The van der Waals surface area contributed by atoms with E-state index in [1.54, 1.807) is 0 Å². The van der Waals surface area contributed by atoms with Crippen LogP contribution in [0.3, 0.4) is 0 Å². The molecule has 2 aliphatic rings. The van der Waals surface area contributed by atoms with Gasteiger partial charge in [0, 0.05) is 28.8 Å². The molecule has 5 rings (SSSR count). The van der Waals surface area contributed by atoms with E-state index >= 15 is 0 Å². The summed E-state index contributed by atoms with van der Waals surface area (Å²) in [6.45, 7) is 2.02. The van der Waals surface area contributed by atoms with Gasteiger partial charge in [-0.15, -0.1) is 0 Å². The highest BCUT2D eigenvalue weighted by molar-refractivity contribution is 9.10. The summed E-state index contributed by atoms with van der Waals surface area (Å²) in [5, 5.41) is 7.28. The van der Waals surface area contributed by atoms with Crippen LogP contribution in [0.5, 0.6) is 5.75 Å². The van der Waals surface area contributed by atoms with Gasteiger partial charge in [-0.2, -0.15) is 5.10 Å². The third-order valence-electron chi connectivity index (χ3n) is 6.07. The van der Waals surface area contributed by atoms with Gasteiger partial charge in [-0.1, -0.05) is 40.2 Å². The number of nitrogens with two attached hydrogens (primary N) is 1. The molecule has 3 N–H and O–H groups in total. The predicted molar refractivity (Wildman–Crippen MR) is 118 cm³/mol. The van der Waals surface area contributed by atoms with Crippen LogP contribution >= 0.6 is 15.9 Å². The van der Waals surface area contributed by atoms with Crippen molar-refractivity contribution in [2.24, 2.45) is 5.73 Å². The normalized spacial score (nSPS) is 24.4. The van der Waals surface area contributed by atoms with Gasteiger partial charge in [-0.25, -0.2) is 0 Å². The highest BCUT2D eigenvalue weighted by Crippen LogP contribution is 2.41. The largest absolute Gasteiger partial charge is 0.483 e. The fraction of sp³-hybridized carbons (Fsp3) is 0.348. The summed E-state index contributed by atoms with van der Waals surface area (Å²) in [5.41, 5.74) is 10.8. The van der Waals surface area contributed by atoms with E-state index in [2.05, 4.69) is 61.4 Å². The first-order valence-corrected chi connectivity index (χ1v) is 11.0. The zero-order valence-electron chi connectivity index (χ0n) is 16.2. The minimum atomic E-state index is -0.0182. The van der Waals surface area contributed by atoms with Crippen molar-refractivity contribution in [3.63, 3.8) is 0 Å². The Morgan fingerprint density at radius 3 is 2.90 bits per heavy atom. The number of nitrogens with zero attached hydrogens (tertiary/aromatic N) is 2. The van der Waals surface area contributed by atoms with E-state index in [1.807, 2.05) is 24.4 Å². The van der Waals surface area contributed by atoms with Gasteiger partial charge in [0.2, 0.25) is 0 Å². The van der Waals surface area contributed by atoms with Crippen molar-refractivity contribution in [3.8, 4) is 17.0 Å². The van der Waals surface area contributed by atoms with Crippen molar-refractivity contribution >= 4 is 15.9 Å². The summed E-state index contributed by atoms with van der Waals surface area (Å²) in [4.78, 5) is 2.53. The van der Waals surface area contributed by atoms with E-state index < -0.39 is 0 Å². The number of fused-ring (bicyclic) bond motifs is 1. The van der Waals surface area contributed by atoms with Crippen LogP contribution in [-0.4, -0.2) is 40.3 Å². The monoisotopic (exact) mass is 452 g/mol. The maximum absolute atomic E-state index is 6.76. The third-order valence-corrected chi connectivity index (χ3v) is 6.56. The van der Waals surface area contributed by atoms with Gasteiger partial charge in [0.05, 0.1) is 11.7 Å². The topological polar surface area (TPSA) is 67.2 Å². The van der Waals surface area contributed by atoms with E-state index in [-0.39, 0.29) is 12.1 Å². The molecule has 1 aromatic heterocycles. The van der Waals surface area contributed by atoms with E-state index in [0.717, 1.165) is 53.8 Å². The lowest BCUT2D eigenvalue weighted by Gasteiger charge is -2.38. The van der Waals surface area contributed by atoms with Crippen LogP contribution in [-0.2, 0) is 6.42 Å². The number of likely N-dealkylation sites (tertiary alicyclic amines) is 1. The molecule has 6 heteroatoms. The zero-order valence-corrected chi connectivity index (χ0v) is 17.8. The molecule has 0 saturated carbocycles. The summed E-state index contributed by atoms with van der Waals surface area (Å²) in [6, 6.07) is 17.3. The first-order chi connectivity index (χ1) is 14.2. The van der Waals surface area contributed by atoms with Crippen molar-refractivity contribution in [3.05, 3.63) is 70.3 Å². The number of H-pyrrole nitrogens is 1. The molecule has 1 aliphatic heterocycles. The molecule has 1 fully saturated rings. The summed E-state index contributed by atoms with van der Waals surface area (Å²) in [7, 11) is 0. The average Bonchev–Trinajstić information content (AvgIpc) is 3.38. The van der Waals surface area contributed by atoms with Crippen LogP contribution in [0.25, 0.3) is 11.3 Å². The lowest BCUT2D eigenvalue weighted by Crippen LogP contribution is -2.49. The molecule has 2 aromatic carbocycles. The minimum Gasteiger partial charge on any atom is -0.483 e. The third kappa shape index (κ3) is 3.72. The first kappa shape index (κ1) is 18.9. The minimum absolute atomic E-state index is 0.0182. The van der Waals surface area contributed by atoms with Crippen LogP contribution in [0, 0.1) is 0 Å². The van der Waals surface area contributed by atoms with Crippen molar-refractivity contribution in [1.82, 2.24) is 15.1 Å². The van der Waals surface area contributed by atoms with Gasteiger partial charge in [-0.05, 0) is 61.2 Å². The Morgan fingerprint density at radius 1 is 1.17 bits per heavy atom. The number of hydrogen-bond acceptors (Lipinski definition) is 4. The van der Waals surface area contributed by atoms with Gasteiger partial charge < -0.3 is 10.5 Å². The average molecular weight is 453 g/mol. The van der Waals surface area contributed by atoms with E-state index in [0.29, 0.717) is 6.04 Å². The van der Waals surface area contributed by atoms with Crippen LogP contribution in [0.2, 0.25) is 0 Å². The number of halogens is 1. The molecule has 5 nitrogen and oxygen atoms in total. The number of aromatic amines is 1. The summed E-state index contributed by atoms with van der Waals surface area (Å²) in [5.74, 6) is 0.855. The molecule has 0 bridgehead atoms. The van der Waals surface area contributed by atoms with Gasteiger partial charge in [0.1, 0.15) is 11.9 Å². The van der Waals surface area contributed by atoms with E-state index in [1.165, 1.54) is 11.1 Å². The molecule has 2 heterocycles. The van der Waals surface area contributed by atoms with Gasteiger partial charge in [-0.3, -0.25) is 10.00 Å². The smallest absolute Gasteiger partial charge is 0.140 e. The molecule has 3 atom stereocenters. The molecule has 150 valence electrons. The Labute approximate surface area is 179 Å². The molecule has 0 radical (unpaired) electrons. The standard InChI is InChI=1S/C23H25BrN4O/c24-16-7-8-22(19(13-16)20-9-10-26-27-20)29-23-18-6-2-1-4-15(18)12-21(23)28-11-3-5-17(25)14-28/h1-2,4,6-10,13,17,21,23H,3,5,11-12,14,25H2,(H,26,27)/t17?,21-,23-/m1/s1. The number of piperidine rings is 1. The second-order valence-electron chi connectivity index (χ2n) is 8.01. The molecule has 29 heavy (non-hydrogen) atoms. The molecule has 1 aliphatic carbocycles. The molecule has 3 aromatic rings. The van der Waals surface area contributed by atoms with Crippen molar-refractivity contribution in [1.29, 1.82) is 0 Å². The molecule has 1 unspecified atom stereocenters. The Hall–Kier alpha value is -2.15. The Bertz CT molecular complexity index is 990. The predicted octanol–water partition coefficient (Wildman–Crippen LogP) is 4.31. The fourth-order valence-corrected chi connectivity index (χ4v) is 5.05. The second-order valence-corrected chi connectivity index (χ2v) is 8.92. The number of ether oxygens (including phenoxy) is 1. The molecular formula is C23H25BrN4O. The molecule has 0 amide bonds. The van der Waals surface area contributed by atoms with Crippen molar-refractivity contribution in [2.75, 3.05) is 13.1 Å². The van der Waals surface area contributed by atoms with E-state index in [4.69, 9.17) is 10.5 Å². The second kappa shape index (κ2) is 7.94. The van der Waals surface area contributed by atoms with Crippen LogP contribution in [0.4, 0.5) is 0 Å². The first-order valence-electron chi connectivity index (χ1n) is 10.2. The van der Waals surface area contributed by atoms with Crippen molar-refractivity contribution in [2.45, 2.75) is 37.5 Å². The number of nitrogens with one attached hydrogen (secondary N) is 1. The highest BCUT2D eigenvalue weighted by atomic mass is 79.9. The fourth-order valence-electron chi connectivity index (χ4n) is 4.69. The Kier molecular flexibility index (Phi) is 5.16. The number of rotatable bonds is 4. The number of aromatic nitrogens is 2.